The van der Waals surface area contributed by atoms with Gasteiger partial charge in [0, 0.05) is 24.5 Å². The van der Waals surface area contributed by atoms with Crippen LogP contribution >= 0.6 is 15.9 Å². The van der Waals surface area contributed by atoms with Crippen LogP contribution in [0.4, 0.5) is 4.39 Å². The normalized spacial score (nSPS) is 11.4. The average molecular weight is 318 g/mol. The first-order chi connectivity index (χ1) is 8.63. The number of ether oxygens (including phenoxy) is 1. The van der Waals surface area contributed by atoms with Crippen molar-refractivity contribution in [3.05, 3.63) is 35.6 Å². The summed E-state index contributed by atoms with van der Waals surface area (Å²) in [4.78, 5) is 2.32. The van der Waals surface area contributed by atoms with E-state index in [0.29, 0.717) is 6.04 Å². The van der Waals surface area contributed by atoms with Gasteiger partial charge in [0.05, 0.1) is 13.2 Å². The minimum Gasteiger partial charge on any atom is -0.379 e. The molecule has 0 aliphatic heterocycles. The lowest BCUT2D eigenvalue weighted by molar-refractivity contribution is 0.0991. The Morgan fingerprint density at radius 1 is 1.22 bits per heavy atom. The quantitative estimate of drug-likeness (QED) is 0.538. The first kappa shape index (κ1) is 15.6. The second-order valence-corrected chi connectivity index (χ2v) is 5.29. The Morgan fingerprint density at radius 3 is 2.44 bits per heavy atom. The van der Waals surface area contributed by atoms with E-state index in [1.54, 1.807) is 0 Å². The molecule has 0 spiro atoms. The maximum absolute atomic E-state index is 12.8. The summed E-state index contributed by atoms with van der Waals surface area (Å²) in [7, 11) is 0. The van der Waals surface area contributed by atoms with Gasteiger partial charge >= 0.3 is 0 Å². The maximum atomic E-state index is 12.8. The molecule has 0 fully saturated rings. The van der Waals surface area contributed by atoms with Gasteiger partial charge in [-0.15, -0.1) is 0 Å². The van der Waals surface area contributed by atoms with Crippen LogP contribution in [0.5, 0.6) is 0 Å². The highest BCUT2D eigenvalue weighted by Gasteiger charge is 2.09. The van der Waals surface area contributed by atoms with Crippen molar-refractivity contribution in [2.24, 2.45) is 0 Å². The maximum Gasteiger partial charge on any atom is 0.123 e. The molecule has 4 heteroatoms. The molecule has 0 aromatic heterocycles. The second-order valence-electron chi connectivity index (χ2n) is 4.49. The Labute approximate surface area is 117 Å². The number of hydrogen-bond donors (Lipinski definition) is 0. The Bertz CT molecular complexity index is 329. The smallest absolute Gasteiger partial charge is 0.123 e. The van der Waals surface area contributed by atoms with Crippen molar-refractivity contribution in [1.82, 2.24) is 4.90 Å². The molecule has 102 valence electrons. The van der Waals surface area contributed by atoms with Gasteiger partial charge < -0.3 is 4.74 Å². The molecule has 18 heavy (non-hydrogen) atoms. The van der Waals surface area contributed by atoms with Crippen LogP contribution in [0.2, 0.25) is 0 Å². The molecule has 2 nitrogen and oxygen atoms in total. The van der Waals surface area contributed by atoms with Crippen LogP contribution in [0.15, 0.2) is 24.3 Å². The van der Waals surface area contributed by atoms with Crippen LogP contribution in [0.25, 0.3) is 0 Å². The molecule has 0 N–H and O–H groups in total. The van der Waals surface area contributed by atoms with Crippen LogP contribution in [0, 0.1) is 5.82 Å². The zero-order chi connectivity index (χ0) is 13.4. The highest BCUT2D eigenvalue weighted by atomic mass is 79.9. The number of nitrogens with zero attached hydrogens (tertiary/aromatic N) is 1. The van der Waals surface area contributed by atoms with E-state index in [4.69, 9.17) is 4.74 Å². The zero-order valence-electron chi connectivity index (χ0n) is 11.0. The van der Waals surface area contributed by atoms with Gasteiger partial charge in [0.1, 0.15) is 5.82 Å². The van der Waals surface area contributed by atoms with E-state index in [1.165, 1.54) is 12.1 Å². The lowest BCUT2D eigenvalue weighted by atomic mass is 10.2. The van der Waals surface area contributed by atoms with Gasteiger partial charge in [0.15, 0.2) is 0 Å². The molecular weight excluding hydrogens is 297 g/mol. The molecule has 0 radical (unpaired) electrons. The predicted molar refractivity (Wildman–Crippen MR) is 76.6 cm³/mol. The topological polar surface area (TPSA) is 12.5 Å². The van der Waals surface area contributed by atoms with Gasteiger partial charge in [-0.3, -0.25) is 4.90 Å². The summed E-state index contributed by atoms with van der Waals surface area (Å²) in [6, 6.07) is 7.14. The standard InChI is InChI=1S/C14H21BrFNO/c1-12(2)17(8-10-18-9-7-15)11-13-3-5-14(16)6-4-13/h3-6,12H,7-11H2,1-2H3. The SMILES string of the molecule is CC(C)N(CCOCCBr)Cc1ccc(F)cc1. The van der Waals surface area contributed by atoms with Gasteiger partial charge in [-0.2, -0.15) is 0 Å². The van der Waals surface area contributed by atoms with Crippen molar-refractivity contribution in [3.8, 4) is 0 Å². The molecule has 0 aliphatic rings. The molecule has 0 unspecified atom stereocenters. The van der Waals surface area contributed by atoms with Gasteiger partial charge in [-0.25, -0.2) is 4.39 Å². The molecule has 0 bridgehead atoms. The fourth-order valence-electron chi connectivity index (χ4n) is 1.68. The van der Waals surface area contributed by atoms with E-state index in [0.717, 1.165) is 37.2 Å². The third-order valence-electron chi connectivity index (χ3n) is 2.77. The van der Waals surface area contributed by atoms with Crippen LogP contribution in [0.1, 0.15) is 19.4 Å². The summed E-state index contributed by atoms with van der Waals surface area (Å²) in [6.45, 7) is 7.51. The lowest BCUT2D eigenvalue weighted by Gasteiger charge is -2.26. The number of halogens is 2. The number of benzene rings is 1. The highest BCUT2D eigenvalue weighted by Crippen LogP contribution is 2.09. The van der Waals surface area contributed by atoms with E-state index in [2.05, 4.69) is 34.7 Å². The van der Waals surface area contributed by atoms with Crippen molar-refractivity contribution in [2.75, 3.05) is 25.1 Å². The Morgan fingerprint density at radius 2 is 1.89 bits per heavy atom. The van der Waals surface area contributed by atoms with E-state index in [-0.39, 0.29) is 5.82 Å². The largest absolute Gasteiger partial charge is 0.379 e. The van der Waals surface area contributed by atoms with Crippen molar-refractivity contribution in [3.63, 3.8) is 0 Å². The fourth-order valence-corrected chi connectivity index (χ4v) is 1.91. The van der Waals surface area contributed by atoms with Gasteiger partial charge in [0.2, 0.25) is 0 Å². The van der Waals surface area contributed by atoms with Crippen molar-refractivity contribution >= 4 is 15.9 Å². The van der Waals surface area contributed by atoms with E-state index < -0.39 is 0 Å². The van der Waals surface area contributed by atoms with Crippen molar-refractivity contribution in [1.29, 1.82) is 0 Å². The Kier molecular flexibility index (Phi) is 7.47. The van der Waals surface area contributed by atoms with Crippen molar-refractivity contribution in [2.45, 2.75) is 26.4 Å². The minimum atomic E-state index is -0.185. The highest BCUT2D eigenvalue weighted by molar-refractivity contribution is 9.09. The first-order valence-electron chi connectivity index (χ1n) is 6.25. The van der Waals surface area contributed by atoms with E-state index in [9.17, 15) is 4.39 Å². The first-order valence-corrected chi connectivity index (χ1v) is 7.38. The van der Waals surface area contributed by atoms with Crippen LogP contribution in [0.3, 0.4) is 0 Å². The van der Waals surface area contributed by atoms with Crippen LogP contribution in [-0.4, -0.2) is 36.0 Å². The predicted octanol–water partition coefficient (Wildman–Crippen LogP) is 3.45. The summed E-state index contributed by atoms with van der Waals surface area (Å²) in [5, 5.41) is 0.868. The number of rotatable bonds is 8. The Balaban J connectivity index is 2.44. The number of hydrogen-bond acceptors (Lipinski definition) is 2. The minimum absolute atomic E-state index is 0.185. The summed E-state index contributed by atoms with van der Waals surface area (Å²) in [5.74, 6) is -0.185. The second kappa shape index (κ2) is 8.62. The Hall–Kier alpha value is -0.450. The molecule has 0 heterocycles. The fraction of sp³-hybridized carbons (Fsp3) is 0.571. The molecule has 0 aliphatic carbocycles. The molecule has 1 rings (SSSR count). The molecule has 0 atom stereocenters. The molecule has 1 aromatic carbocycles. The summed E-state index contributed by atoms with van der Waals surface area (Å²) in [5.41, 5.74) is 1.13. The summed E-state index contributed by atoms with van der Waals surface area (Å²) in [6.07, 6.45) is 0. The molecular formula is C14H21BrFNO. The van der Waals surface area contributed by atoms with E-state index in [1.807, 2.05) is 12.1 Å². The van der Waals surface area contributed by atoms with Gasteiger partial charge in [0.25, 0.3) is 0 Å². The third-order valence-corrected chi connectivity index (χ3v) is 3.10. The van der Waals surface area contributed by atoms with Crippen molar-refractivity contribution < 1.29 is 9.13 Å². The summed E-state index contributed by atoms with van der Waals surface area (Å²) >= 11 is 3.33. The van der Waals surface area contributed by atoms with Gasteiger partial charge in [-0.05, 0) is 31.5 Å². The van der Waals surface area contributed by atoms with Crippen LogP contribution < -0.4 is 0 Å². The number of alkyl halides is 1. The van der Waals surface area contributed by atoms with E-state index >= 15 is 0 Å². The summed E-state index contributed by atoms with van der Waals surface area (Å²) < 4.78 is 18.3. The monoisotopic (exact) mass is 317 g/mol. The lowest BCUT2D eigenvalue weighted by Crippen LogP contribution is -2.33. The zero-order valence-corrected chi connectivity index (χ0v) is 12.6. The third kappa shape index (κ3) is 5.94. The molecule has 0 saturated heterocycles. The molecule has 0 amide bonds. The molecule has 0 saturated carbocycles. The average Bonchev–Trinajstić information content (AvgIpc) is 2.35. The van der Waals surface area contributed by atoms with Crippen LogP contribution in [-0.2, 0) is 11.3 Å². The van der Waals surface area contributed by atoms with Gasteiger partial charge in [-0.1, -0.05) is 28.1 Å². The molecule has 1 aromatic rings.